The Morgan fingerprint density at radius 1 is 1.14 bits per heavy atom. The van der Waals surface area contributed by atoms with Crippen molar-refractivity contribution in [2.75, 3.05) is 19.6 Å². The van der Waals surface area contributed by atoms with Crippen LogP contribution in [-0.2, 0) is 14.4 Å². The van der Waals surface area contributed by atoms with Crippen LogP contribution in [0.1, 0.15) is 26.7 Å². The zero-order valence-electron chi connectivity index (χ0n) is 12.1. The van der Waals surface area contributed by atoms with Crippen LogP contribution in [0.15, 0.2) is 0 Å². The lowest BCUT2D eigenvalue weighted by atomic mass is 10.1. The third kappa shape index (κ3) is 7.75. The van der Waals surface area contributed by atoms with Crippen LogP contribution in [0, 0.1) is 0 Å². The summed E-state index contributed by atoms with van der Waals surface area (Å²) in [6.07, 6.45) is -0.602. The molecule has 0 saturated heterocycles. The minimum absolute atomic E-state index is 0.193. The van der Waals surface area contributed by atoms with Gasteiger partial charge in [-0.25, -0.2) is 9.59 Å². The van der Waals surface area contributed by atoms with E-state index in [0.717, 1.165) is 4.90 Å². The fourth-order valence-corrected chi connectivity index (χ4v) is 1.52. The van der Waals surface area contributed by atoms with Crippen molar-refractivity contribution in [3.05, 3.63) is 0 Å². The quantitative estimate of drug-likeness (QED) is 0.452. The maximum atomic E-state index is 11.9. The number of hydrogen-bond acceptors (Lipinski definition) is 4. The Morgan fingerprint density at radius 3 is 2.19 bits per heavy atom. The molecule has 3 amide bonds. The third-order valence-corrected chi connectivity index (χ3v) is 2.62. The molecule has 4 N–H and O–H groups in total. The predicted octanol–water partition coefficient (Wildman–Crippen LogP) is -0.528. The molecule has 21 heavy (non-hydrogen) atoms. The van der Waals surface area contributed by atoms with Crippen molar-refractivity contribution in [1.82, 2.24) is 15.5 Å². The minimum Gasteiger partial charge on any atom is -0.481 e. The molecular formula is C12H21N3O6. The van der Waals surface area contributed by atoms with Gasteiger partial charge in [-0.3, -0.25) is 9.59 Å². The fraction of sp³-hybridized carbons (Fsp3) is 0.667. The van der Waals surface area contributed by atoms with Crippen molar-refractivity contribution in [3.63, 3.8) is 0 Å². The van der Waals surface area contributed by atoms with Crippen LogP contribution in [0.2, 0.25) is 0 Å². The molecule has 0 aromatic carbocycles. The minimum atomic E-state index is -1.32. The highest BCUT2D eigenvalue weighted by atomic mass is 16.4. The molecule has 0 aliphatic heterocycles. The molecule has 1 atom stereocenters. The number of aliphatic carboxylic acids is 2. The highest BCUT2D eigenvalue weighted by Crippen LogP contribution is 2.00. The van der Waals surface area contributed by atoms with E-state index in [1.807, 2.05) is 0 Å². The monoisotopic (exact) mass is 303 g/mol. The first kappa shape index (κ1) is 18.7. The summed E-state index contributed by atoms with van der Waals surface area (Å²) in [5, 5.41) is 22.2. The lowest BCUT2D eigenvalue weighted by Gasteiger charge is -2.23. The Labute approximate surface area is 122 Å². The van der Waals surface area contributed by atoms with E-state index in [-0.39, 0.29) is 31.8 Å². The number of carbonyl (C=O) groups excluding carboxylic acids is 2. The Morgan fingerprint density at radius 2 is 1.76 bits per heavy atom. The van der Waals surface area contributed by atoms with E-state index in [0.29, 0.717) is 6.54 Å². The molecule has 0 spiro atoms. The molecule has 0 aliphatic carbocycles. The summed E-state index contributed by atoms with van der Waals surface area (Å²) in [6.45, 7) is 3.83. The van der Waals surface area contributed by atoms with Crippen LogP contribution >= 0.6 is 0 Å². The molecule has 1 unspecified atom stereocenters. The van der Waals surface area contributed by atoms with Gasteiger partial charge in [0, 0.05) is 19.5 Å². The van der Waals surface area contributed by atoms with Crippen LogP contribution in [0.5, 0.6) is 0 Å². The number of nitrogens with one attached hydrogen (secondary N) is 2. The standard InChI is InChI=1S/C12H21N3O6/c1-3-13-9(16)7-15(4-2)12(21)14-8(11(19)20)5-6-10(17)18/h8H,3-7H2,1-2H3,(H,13,16)(H,14,21)(H,17,18)(H,19,20). The predicted molar refractivity (Wildman–Crippen MR) is 72.8 cm³/mol. The lowest BCUT2D eigenvalue weighted by molar-refractivity contribution is -0.140. The van der Waals surface area contributed by atoms with Crippen molar-refractivity contribution < 1.29 is 29.4 Å². The van der Waals surface area contributed by atoms with E-state index >= 15 is 0 Å². The first-order chi connectivity index (χ1) is 9.81. The van der Waals surface area contributed by atoms with Crippen molar-refractivity contribution in [2.45, 2.75) is 32.7 Å². The van der Waals surface area contributed by atoms with E-state index in [9.17, 15) is 19.2 Å². The molecule has 9 nitrogen and oxygen atoms in total. The van der Waals surface area contributed by atoms with Crippen LogP contribution < -0.4 is 10.6 Å². The van der Waals surface area contributed by atoms with Gasteiger partial charge in [-0.05, 0) is 20.3 Å². The molecule has 0 heterocycles. The zero-order chi connectivity index (χ0) is 16.4. The van der Waals surface area contributed by atoms with Gasteiger partial charge in [-0.2, -0.15) is 0 Å². The average Bonchev–Trinajstić information content (AvgIpc) is 2.40. The second-order valence-corrected chi connectivity index (χ2v) is 4.24. The third-order valence-electron chi connectivity index (χ3n) is 2.62. The summed E-state index contributed by atoms with van der Waals surface area (Å²) in [7, 11) is 0. The Bertz CT molecular complexity index is 398. The van der Waals surface area contributed by atoms with E-state index in [4.69, 9.17) is 10.2 Å². The van der Waals surface area contributed by atoms with Gasteiger partial charge in [0.15, 0.2) is 0 Å². The van der Waals surface area contributed by atoms with Gasteiger partial charge in [0.2, 0.25) is 5.91 Å². The summed E-state index contributed by atoms with van der Waals surface area (Å²) in [6, 6.07) is -2.03. The molecule has 0 aromatic rings. The van der Waals surface area contributed by atoms with Gasteiger partial charge >= 0.3 is 18.0 Å². The summed E-state index contributed by atoms with van der Waals surface area (Å²) in [5.41, 5.74) is 0. The first-order valence-electron chi connectivity index (χ1n) is 6.58. The highest BCUT2D eigenvalue weighted by Gasteiger charge is 2.24. The zero-order valence-corrected chi connectivity index (χ0v) is 12.1. The molecule has 0 radical (unpaired) electrons. The molecule has 0 saturated carbocycles. The second kappa shape index (κ2) is 9.56. The number of urea groups is 1. The van der Waals surface area contributed by atoms with E-state index in [1.165, 1.54) is 0 Å². The molecule has 0 bridgehead atoms. The number of rotatable bonds is 9. The number of carboxylic acids is 2. The largest absolute Gasteiger partial charge is 0.481 e. The van der Waals surface area contributed by atoms with Crippen LogP contribution in [-0.4, -0.2) is 64.7 Å². The molecule has 9 heteroatoms. The van der Waals surface area contributed by atoms with Gasteiger partial charge in [-0.15, -0.1) is 0 Å². The summed E-state index contributed by atoms with van der Waals surface area (Å²) in [5.74, 6) is -2.82. The Balaban J connectivity index is 4.59. The summed E-state index contributed by atoms with van der Waals surface area (Å²) >= 11 is 0. The highest BCUT2D eigenvalue weighted by molar-refractivity contribution is 5.86. The van der Waals surface area contributed by atoms with Crippen molar-refractivity contribution in [2.24, 2.45) is 0 Å². The lowest BCUT2D eigenvalue weighted by Crippen LogP contribution is -2.50. The Hall–Kier alpha value is -2.32. The van der Waals surface area contributed by atoms with E-state index in [1.54, 1.807) is 13.8 Å². The molecule has 0 rings (SSSR count). The van der Waals surface area contributed by atoms with Gasteiger partial charge in [0.25, 0.3) is 0 Å². The van der Waals surface area contributed by atoms with Gasteiger partial charge in [0.05, 0.1) is 0 Å². The number of nitrogens with zero attached hydrogens (tertiary/aromatic N) is 1. The maximum Gasteiger partial charge on any atom is 0.326 e. The van der Waals surface area contributed by atoms with Gasteiger partial charge in [-0.1, -0.05) is 0 Å². The molecule has 0 aromatic heterocycles. The summed E-state index contributed by atoms with van der Waals surface area (Å²) < 4.78 is 0. The smallest absolute Gasteiger partial charge is 0.326 e. The number of carboxylic acid groups (broad SMARTS) is 2. The molecular weight excluding hydrogens is 282 g/mol. The second-order valence-electron chi connectivity index (χ2n) is 4.24. The number of carbonyl (C=O) groups is 4. The van der Waals surface area contributed by atoms with Crippen LogP contribution in [0.4, 0.5) is 4.79 Å². The van der Waals surface area contributed by atoms with Gasteiger partial charge in [0.1, 0.15) is 12.6 Å². The number of amides is 3. The molecule has 0 fully saturated rings. The fourth-order valence-electron chi connectivity index (χ4n) is 1.52. The topological polar surface area (TPSA) is 136 Å². The summed E-state index contributed by atoms with van der Waals surface area (Å²) in [4.78, 5) is 45.9. The van der Waals surface area contributed by atoms with Crippen LogP contribution in [0.25, 0.3) is 0 Å². The van der Waals surface area contributed by atoms with Gasteiger partial charge < -0.3 is 25.7 Å². The number of hydrogen-bond donors (Lipinski definition) is 4. The molecule has 0 aliphatic rings. The normalized spacial score (nSPS) is 11.3. The first-order valence-corrected chi connectivity index (χ1v) is 6.58. The van der Waals surface area contributed by atoms with Crippen molar-refractivity contribution in [3.8, 4) is 0 Å². The maximum absolute atomic E-state index is 11.9. The van der Waals surface area contributed by atoms with Crippen molar-refractivity contribution in [1.29, 1.82) is 0 Å². The number of likely N-dealkylation sites (N-methyl/N-ethyl adjacent to an activating group) is 2. The van der Waals surface area contributed by atoms with Crippen LogP contribution in [0.3, 0.4) is 0 Å². The SMILES string of the molecule is CCNC(=O)CN(CC)C(=O)NC(CCC(=O)O)C(=O)O. The van der Waals surface area contributed by atoms with Crippen molar-refractivity contribution >= 4 is 23.9 Å². The average molecular weight is 303 g/mol. The van der Waals surface area contributed by atoms with E-state index in [2.05, 4.69) is 10.6 Å². The molecule has 120 valence electrons. The Kier molecular flexibility index (Phi) is 8.51. The van der Waals surface area contributed by atoms with E-state index < -0.39 is 24.0 Å².